The molecule has 0 bridgehead atoms. The number of ether oxygens (including phenoxy) is 1. The maximum atomic E-state index is 12.8. The Labute approximate surface area is 150 Å². The van der Waals surface area contributed by atoms with Crippen LogP contribution in [0.2, 0.25) is 5.02 Å². The highest BCUT2D eigenvalue weighted by molar-refractivity contribution is 6.34. The summed E-state index contributed by atoms with van der Waals surface area (Å²) in [7, 11) is 0. The fourth-order valence-corrected chi connectivity index (χ4v) is 2.25. The molecule has 2 N–H and O–H groups in total. The zero-order chi connectivity index (χ0) is 18.2. The highest BCUT2D eigenvalue weighted by Gasteiger charge is 2.11. The van der Waals surface area contributed by atoms with Crippen molar-refractivity contribution in [3.8, 4) is 5.75 Å². The van der Waals surface area contributed by atoms with E-state index in [1.807, 2.05) is 6.92 Å². The third-order valence-corrected chi connectivity index (χ3v) is 3.53. The van der Waals surface area contributed by atoms with Gasteiger partial charge in [0.2, 0.25) is 0 Å². The van der Waals surface area contributed by atoms with Crippen molar-refractivity contribution in [3.05, 3.63) is 58.9 Å². The van der Waals surface area contributed by atoms with E-state index in [1.54, 1.807) is 12.1 Å². The molecule has 2 aromatic carbocycles. The van der Waals surface area contributed by atoms with Crippen LogP contribution in [0.3, 0.4) is 0 Å². The van der Waals surface area contributed by atoms with Crippen molar-refractivity contribution in [1.29, 1.82) is 0 Å². The summed E-state index contributed by atoms with van der Waals surface area (Å²) in [5, 5.41) is 5.60. The normalized spacial score (nSPS) is 10.2. The van der Waals surface area contributed by atoms with Crippen LogP contribution in [0.5, 0.6) is 5.75 Å². The topological polar surface area (TPSA) is 67.4 Å². The number of carbonyl (C=O) groups excluding carboxylic acids is 2. The van der Waals surface area contributed by atoms with Gasteiger partial charge in [-0.2, -0.15) is 0 Å². The Morgan fingerprint density at radius 3 is 2.52 bits per heavy atom. The molecule has 0 atom stereocenters. The lowest BCUT2D eigenvalue weighted by Gasteiger charge is -2.10. The minimum atomic E-state index is -0.399. The van der Waals surface area contributed by atoms with Gasteiger partial charge < -0.3 is 15.4 Å². The zero-order valence-electron chi connectivity index (χ0n) is 13.6. The number of anilines is 1. The second-order valence-corrected chi connectivity index (χ2v) is 5.65. The Morgan fingerprint density at radius 1 is 1.16 bits per heavy atom. The molecule has 0 saturated heterocycles. The Kier molecular flexibility index (Phi) is 6.77. The maximum Gasteiger partial charge on any atom is 0.262 e. The number of carbonyl (C=O) groups is 2. The number of rotatable bonds is 7. The highest BCUT2D eigenvalue weighted by Crippen LogP contribution is 2.21. The van der Waals surface area contributed by atoms with Crippen LogP contribution in [0.25, 0.3) is 0 Å². The average Bonchev–Trinajstić information content (AvgIpc) is 2.59. The van der Waals surface area contributed by atoms with Crippen LogP contribution in [0.4, 0.5) is 10.1 Å². The lowest BCUT2D eigenvalue weighted by molar-refractivity contribution is -0.118. The molecule has 5 nitrogen and oxygen atoms in total. The predicted molar refractivity (Wildman–Crippen MR) is 94.6 cm³/mol. The van der Waals surface area contributed by atoms with Gasteiger partial charge in [-0.25, -0.2) is 4.39 Å². The smallest absolute Gasteiger partial charge is 0.262 e. The summed E-state index contributed by atoms with van der Waals surface area (Å²) >= 11 is 6.10. The molecule has 0 unspecified atom stereocenters. The minimum absolute atomic E-state index is 0.234. The molecule has 7 heteroatoms. The van der Waals surface area contributed by atoms with Crippen molar-refractivity contribution < 1.29 is 18.7 Å². The van der Waals surface area contributed by atoms with Crippen LogP contribution >= 0.6 is 11.6 Å². The number of hydrogen-bond acceptors (Lipinski definition) is 3. The molecule has 0 saturated carbocycles. The van der Waals surface area contributed by atoms with Gasteiger partial charge in [0, 0.05) is 12.2 Å². The van der Waals surface area contributed by atoms with Crippen molar-refractivity contribution >= 4 is 29.1 Å². The van der Waals surface area contributed by atoms with E-state index in [9.17, 15) is 14.0 Å². The first-order chi connectivity index (χ1) is 12.0. The number of hydrogen-bond donors (Lipinski definition) is 2. The number of nitrogens with one attached hydrogen (secondary N) is 2. The molecule has 2 aromatic rings. The van der Waals surface area contributed by atoms with Crippen molar-refractivity contribution in [2.75, 3.05) is 18.5 Å². The van der Waals surface area contributed by atoms with Gasteiger partial charge >= 0.3 is 0 Å². The quantitative estimate of drug-likeness (QED) is 0.788. The maximum absolute atomic E-state index is 12.8. The SMILES string of the molecule is CCCNC(=O)c1ccc(NC(=O)COc2ccc(F)cc2)cc1Cl. The van der Waals surface area contributed by atoms with Gasteiger partial charge in [-0.1, -0.05) is 18.5 Å². The Hall–Kier alpha value is -2.60. The monoisotopic (exact) mass is 364 g/mol. The summed E-state index contributed by atoms with van der Waals surface area (Å²) in [4.78, 5) is 23.8. The van der Waals surface area contributed by atoms with Crippen molar-refractivity contribution in [3.63, 3.8) is 0 Å². The zero-order valence-corrected chi connectivity index (χ0v) is 14.4. The van der Waals surface area contributed by atoms with E-state index in [1.165, 1.54) is 30.3 Å². The predicted octanol–water partition coefficient (Wildman–Crippen LogP) is 3.64. The summed E-state index contributed by atoms with van der Waals surface area (Å²) in [6.45, 7) is 2.28. The fraction of sp³-hybridized carbons (Fsp3) is 0.222. The van der Waals surface area contributed by atoms with E-state index < -0.39 is 5.91 Å². The first kappa shape index (κ1) is 18.7. The van der Waals surface area contributed by atoms with Crippen LogP contribution in [-0.4, -0.2) is 25.0 Å². The highest BCUT2D eigenvalue weighted by atomic mass is 35.5. The van der Waals surface area contributed by atoms with Crippen molar-refractivity contribution in [2.45, 2.75) is 13.3 Å². The Bertz CT molecular complexity index is 750. The van der Waals surface area contributed by atoms with E-state index in [4.69, 9.17) is 16.3 Å². The van der Waals surface area contributed by atoms with Crippen LogP contribution in [-0.2, 0) is 4.79 Å². The molecular formula is C18H18ClFN2O3. The van der Waals surface area contributed by atoms with E-state index in [2.05, 4.69) is 10.6 Å². The van der Waals surface area contributed by atoms with Gasteiger partial charge in [0.25, 0.3) is 11.8 Å². The lowest BCUT2D eigenvalue weighted by Crippen LogP contribution is -2.24. The molecule has 25 heavy (non-hydrogen) atoms. The molecule has 0 aliphatic carbocycles. The molecule has 0 fully saturated rings. The first-order valence-corrected chi connectivity index (χ1v) is 8.13. The molecular weight excluding hydrogens is 347 g/mol. The molecule has 0 aliphatic rings. The second kappa shape index (κ2) is 9.03. The van der Waals surface area contributed by atoms with Crippen LogP contribution in [0.1, 0.15) is 23.7 Å². The minimum Gasteiger partial charge on any atom is -0.484 e. The third-order valence-electron chi connectivity index (χ3n) is 3.22. The molecule has 0 heterocycles. The molecule has 132 valence electrons. The molecule has 0 aliphatic heterocycles. The van der Waals surface area contributed by atoms with Crippen molar-refractivity contribution in [2.24, 2.45) is 0 Å². The average molecular weight is 365 g/mol. The number of amides is 2. The van der Waals surface area contributed by atoms with Gasteiger partial charge in [-0.05, 0) is 48.9 Å². The first-order valence-electron chi connectivity index (χ1n) is 7.75. The van der Waals surface area contributed by atoms with E-state index in [0.29, 0.717) is 23.5 Å². The van der Waals surface area contributed by atoms with Crippen molar-refractivity contribution in [1.82, 2.24) is 5.32 Å². The van der Waals surface area contributed by atoms with Crippen LogP contribution in [0.15, 0.2) is 42.5 Å². The summed E-state index contributed by atoms with van der Waals surface area (Å²) in [5.74, 6) is -0.653. The Morgan fingerprint density at radius 2 is 1.88 bits per heavy atom. The summed E-state index contributed by atoms with van der Waals surface area (Å²) < 4.78 is 18.0. The molecule has 0 spiro atoms. The van der Waals surface area contributed by atoms with E-state index >= 15 is 0 Å². The van der Waals surface area contributed by atoms with Gasteiger partial charge in [-0.15, -0.1) is 0 Å². The fourth-order valence-electron chi connectivity index (χ4n) is 1.99. The molecule has 0 aromatic heterocycles. The molecule has 2 rings (SSSR count). The van der Waals surface area contributed by atoms with E-state index in [0.717, 1.165) is 6.42 Å². The van der Waals surface area contributed by atoms with Crippen LogP contribution in [0, 0.1) is 5.82 Å². The summed E-state index contributed by atoms with van der Waals surface area (Å²) in [5.41, 5.74) is 0.792. The summed E-state index contributed by atoms with van der Waals surface area (Å²) in [6, 6.07) is 9.99. The number of halogens is 2. The molecule has 2 amide bonds. The lowest BCUT2D eigenvalue weighted by atomic mass is 10.2. The third kappa shape index (κ3) is 5.76. The van der Waals surface area contributed by atoms with Gasteiger partial charge in [0.1, 0.15) is 11.6 Å². The standard InChI is InChI=1S/C18H18ClFN2O3/c1-2-9-21-18(24)15-8-5-13(10-16(15)19)22-17(23)11-25-14-6-3-12(20)4-7-14/h3-8,10H,2,9,11H2,1H3,(H,21,24)(H,22,23). The Balaban J connectivity index is 1.91. The summed E-state index contributed by atoms with van der Waals surface area (Å²) in [6.07, 6.45) is 0.825. The van der Waals surface area contributed by atoms with Gasteiger partial charge in [0.05, 0.1) is 10.6 Å². The molecule has 0 radical (unpaired) electrons. The number of benzene rings is 2. The van der Waals surface area contributed by atoms with Gasteiger partial charge in [-0.3, -0.25) is 9.59 Å². The second-order valence-electron chi connectivity index (χ2n) is 5.24. The largest absolute Gasteiger partial charge is 0.484 e. The van der Waals surface area contributed by atoms with Gasteiger partial charge in [0.15, 0.2) is 6.61 Å². The van der Waals surface area contributed by atoms with Crippen LogP contribution < -0.4 is 15.4 Å². The van der Waals surface area contributed by atoms with E-state index in [-0.39, 0.29) is 23.4 Å².